The SMILES string of the molecule is COC1(CC(C)CN)CCCC[Si]1(OC)OC. The van der Waals surface area contributed by atoms with Crippen LogP contribution in [0, 0.1) is 5.92 Å². The summed E-state index contributed by atoms with van der Waals surface area (Å²) in [5.41, 5.74) is 5.75. The third-order valence-electron chi connectivity index (χ3n) is 4.16. The van der Waals surface area contributed by atoms with Crippen molar-refractivity contribution in [3.8, 4) is 0 Å². The van der Waals surface area contributed by atoms with Gasteiger partial charge >= 0.3 is 8.56 Å². The van der Waals surface area contributed by atoms with E-state index < -0.39 is 8.56 Å². The molecule has 1 aliphatic rings. The lowest BCUT2D eigenvalue weighted by Crippen LogP contribution is -2.65. The molecule has 1 saturated heterocycles. The van der Waals surface area contributed by atoms with Crippen molar-refractivity contribution in [1.29, 1.82) is 0 Å². The lowest BCUT2D eigenvalue weighted by molar-refractivity contribution is -0.0228. The van der Waals surface area contributed by atoms with E-state index in [0.717, 1.165) is 18.9 Å². The molecule has 0 bridgehead atoms. The first kappa shape index (κ1) is 15.1. The van der Waals surface area contributed by atoms with Crippen LogP contribution in [0.25, 0.3) is 0 Å². The first-order valence-electron chi connectivity index (χ1n) is 6.45. The van der Waals surface area contributed by atoms with Gasteiger partial charge in [-0.05, 0) is 31.3 Å². The standard InChI is InChI=1S/C12H27NO3Si/c1-11(10-13)9-12(14-2)7-5-6-8-17(12,15-3)16-4/h11H,5-10,13H2,1-4H3. The van der Waals surface area contributed by atoms with Crippen molar-refractivity contribution < 1.29 is 13.6 Å². The highest BCUT2D eigenvalue weighted by atomic mass is 28.4. The average molecular weight is 261 g/mol. The third kappa shape index (κ3) is 2.74. The van der Waals surface area contributed by atoms with E-state index in [1.807, 2.05) is 0 Å². The first-order valence-corrected chi connectivity index (χ1v) is 8.47. The van der Waals surface area contributed by atoms with E-state index in [2.05, 4.69) is 6.92 Å². The molecule has 17 heavy (non-hydrogen) atoms. The molecule has 0 spiro atoms. The van der Waals surface area contributed by atoms with Crippen LogP contribution in [0.2, 0.25) is 6.04 Å². The molecule has 0 aliphatic carbocycles. The van der Waals surface area contributed by atoms with E-state index in [1.165, 1.54) is 12.8 Å². The molecule has 0 aromatic carbocycles. The van der Waals surface area contributed by atoms with Crippen LogP contribution in [0.4, 0.5) is 0 Å². The van der Waals surface area contributed by atoms with Crippen molar-refractivity contribution in [2.24, 2.45) is 11.7 Å². The largest absolute Gasteiger partial charge is 0.396 e. The molecule has 4 nitrogen and oxygen atoms in total. The maximum atomic E-state index is 5.91. The highest BCUT2D eigenvalue weighted by molar-refractivity contribution is 6.70. The molecule has 0 radical (unpaired) electrons. The maximum Gasteiger partial charge on any atom is 0.370 e. The Balaban J connectivity index is 2.97. The van der Waals surface area contributed by atoms with Crippen LogP contribution in [0.1, 0.15) is 32.6 Å². The molecular weight excluding hydrogens is 234 g/mol. The fourth-order valence-electron chi connectivity index (χ4n) is 3.09. The van der Waals surface area contributed by atoms with Crippen molar-refractivity contribution in [2.75, 3.05) is 27.9 Å². The zero-order valence-corrected chi connectivity index (χ0v) is 12.6. The van der Waals surface area contributed by atoms with Crippen molar-refractivity contribution in [2.45, 2.75) is 43.9 Å². The summed E-state index contributed by atoms with van der Waals surface area (Å²) in [6.45, 7) is 2.85. The summed E-state index contributed by atoms with van der Waals surface area (Å²) in [6.07, 6.45) is 4.33. The van der Waals surface area contributed by atoms with Gasteiger partial charge in [-0.15, -0.1) is 0 Å². The van der Waals surface area contributed by atoms with Crippen LogP contribution in [0.3, 0.4) is 0 Å². The monoisotopic (exact) mass is 261 g/mol. The second-order valence-corrected chi connectivity index (χ2v) is 8.85. The van der Waals surface area contributed by atoms with Crippen LogP contribution in [-0.2, 0) is 13.6 Å². The molecule has 2 N–H and O–H groups in total. The molecule has 5 heteroatoms. The molecule has 0 aromatic rings. The molecular formula is C12H27NO3Si. The Morgan fingerprint density at radius 2 is 1.88 bits per heavy atom. The van der Waals surface area contributed by atoms with Gasteiger partial charge in [0.15, 0.2) is 0 Å². The number of hydrogen-bond acceptors (Lipinski definition) is 4. The van der Waals surface area contributed by atoms with E-state index in [1.54, 1.807) is 21.3 Å². The Morgan fingerprint density at radius 3 is 2.35 bits per heavy atom. The molecule has 1 fully saturated rings. The predicted molar refractivity (Wildman–Crippen MR) is 71.0 cm³/mol. The van der Waals surface area contributed by atoms with Gasteiger partial charge in [-0.25, -0.2) is 0 Å². The summed E-state index contributed by atoms with van der Waals surface area (Å²) in [7, 11) is 3.05. The van der Waals surface area contributed by atoms with Crippen LogP contribution >= 0.6 is 0 Å². The summed E-state index contributed by atoms with van der Waals surface area (Å²) >= 11 is 0. The minimum Gasteiger partial charge on any atom is -0.396 e. The molecule has 1 aliphatic heterocycles. The van der Waals surface area contributed by atoms with Crippen LogP contribution in [0.15, 0.2) is 0 Å². The first-order chi connectivity index (χ1) is 8.09. The van der Waals surface area contributed by atoms with Crippen molar-refractivity contribution in [3.05, 3.63) is 0 Å². The van der Waals surface area contributed by atoms with Gasteiger partial charge in [-0.1, -0.05) is 19.8 Å². The zero-order valence-electron chi connectivity index (χ0n) is 11.6. The summed E-state index contributed by atoms with van der Waals surface area (Å²) in [5, 5.41) is -0.229. The minimum absolute atomic E-state index is 0.229. The average Bonchev–Trinajstić information content (AvgIpc) is 2.39. The summed E-state index contributed by atoms with van der Waals surface area (Å²) < 4.78 is 17.6. The van der Waals surface area contributed by atoms with Crippen LogP contribution < -0.4 is 5.73 Å². The predicted octanol–water partition coefficient (Wildman–Crippen LogP) is 1.81. The number of nitrogens with two attached hydrogens (primary N) is 1. The highest BCUT2D eigenvalue weighted by Gasteiger charge is 2.59. The summed E-state index contributed by atoms with van der Waals surface area (Å²) in [6, 6.07) is 1.02. The third-order valence-corrected chi connectivity index (χ3v) is 8.54. The van der Waals surface area contributed by atoms with E-state index in [9.17, 15) is 0 Å². The Hall–Kier alpha value is 0.0569. The Labute approximate surface area is 106 Å². The Kier molecular flexibility index (Phi) is 5.59. The van der Waals surface area contributed by atoms with Crippen molar-refractivity contribution in [3.63, 3.8) is 0 Å². The highest BCUT2D eigenvalue weighted by Crippen LogP contribution is 2.43. The maximum absolute atomic E-state index is 5.91. The second kappa shape index (κ2) is 6.29. The molecule has 0 aromatic heterocycles. The smallest absolute Gasteiger partial charge is 0.370 e. The van der Waals surface area contributed by atoms with Gasteiger partial charge in [-0.3, -0.25) is 0 Å². The summed E-state index contributed by atoms with van der Waals surface area (Å²) in [5.74, 6) is 0.435. The molecule has 1 rings (SSSR count). The number of rotatable bonds is 6. The molecule has 0 saturated carbocycles. The van der Waals surface area contributed by atoms with Gasteiger partial charge in [0, 0.05) is 21.3 Å². The molecule has 0 amide bonds. The quantitative estimate of drug-likeness (QED) is 0.741. The number of ether oxygens (including phenoxy) is 1. The fourth-order valence-corrected chi connectivity index (χ4v) is 7.11. The molecule has 102 valence electrons. The van der Waals surface area contributed by atoms with Crippen molar-refractivity contribution >= 4 is 8.56 Å². The van der Waals surface area contributed by atoms with E-state index in [-0.39, 0.29) is 5.22 Å². The van der Waals surface area contributed by atoms with E-state index in [4.69, 9.17) is 19.3 Å². The van der Waals surface area contributed by atoms with E-state index in [0.29, 0.717) is 12.5 Å². The van der Waals surface area contributed by atoms with Gasteiger partial charge in [0.1, 0.15) is 5.22 Å². The van der Waals surface area contributed by atoms with Gasteiger partial charge in [0.2, 0.25) is 0 Å². The lowest BCUT2D eigenvalue weighted by Gasteiger charge is -2.48. The fraction of sp³-hybridized carbons (Fsp3) is 1.00. The van der Waals surface area contributed by atoms with Crippen molar-refractivity contribution in [1.82, 2.24) is 0 Å². The van der Waals surface area contributed by atoms with Gasteiger partial charge in [0.25, 0.3) is 0 Å². The Morgan fingerprint density at radius 1 is 1.24 bits per heavy atom. The molecule has 1 heterocycles. The zero-order chi connectivity index (χ0) is 12.9. The topological polar surface area (TPSA) is 53.7 Å². The van der Waals surface area contributed by atoms with Gasteiger partial charge < -0.3 is 19.3 Å². The number of methoxy groups -OCH3 is 1. The molecule has 2 unspecified atom stereocenters. The normalized spacial score (nSPS) is 30.2. The second-order valence-electron chi connectivity index (χ2n) is 5.11. The number of hydrogen-bond donors (Lipinski definition) is 1. The lowest BCUT2D eigenvalue weighted by atomic mass is 9.98. The van der Waals surface area contributed by atoms with Gasteiger partial charge in [0.05, 0.1) is 0 Å². The van der Waals surface area contributed by atoms with Gasteiger partial charge in [-0.2, -0.15) is 0 Å². The van der Waals surface area contributed by atoms with E-state index >= 15 is 0 Å². The summed E-state index contributed by atoms with van der Waals surface area (Å²) in [4.78, 5) is 0. The van der Waals surface area contributed by atoms with Crippen LogP contribution in [-0.4, -0.2) is 41.7 Å². The minimum atomic E-state index is -2.27. The van der Waals surface area contributed by atoms with Crippen LogP contribution in [0.5, 0.6) is 0 Å². The Bertz CT molecular complexity index is 236. The molecule has 2 atom stereocenters.